The minimum absolute atomic E-state index is 0. The standard InChI is InChI=1S/C3H8.C2H4N4.2H2/c1-3-2;3-2-4-1-5-6-2;;/h3H2,1-2H3;1H,(H3,3,4,5,6);2*1H. The first-order valence-corrected chi connectivity index (χ1v) is 2.92. The number of hydrogen-bond donors (Lipinski definition) is 2. The Morgan fingerprint density at radius 3 is 2.44 bits per heavy atom. The maximum Gasteiger partial charge on any atom is 0.215 e. The summed E-state index contributed by atoms with van der Waals surface area (Å²) in [5, 5.41) is 5.88. The number of H-pyrrole nitrogens is 1. The van der Waals surface area contributed by atoms with E-state index in [-0.39, 0.29) is 2.85 Å². The number of nitrogen functional groups attached to an aromatic ring is 1. The van der Waals surface area contributed by atoms with Gasteiger partial charge < -0.3 is 5.73 Å². The van der Waals surface area contributed by atoms with E-state index in [0.717, 1.165) is 0 Å². The Bertz CT molecular complexity index is 131. The molecule has 1 aromatic rings. The van der Waals surface area contributed by atoms with Crippen LogP contribution in [0.1, 0.15) is 23.1 Å². The summed E-state index contributed by atoms with van der Waals surface area (Å²) in [5.41, 5.74) is 5.05. The molecule has 1 rings (SSSR count). The molecule has 0 spiro atoms. The number of nitrogens with one attached hydrogen (secondary N) is 1. The fourth-order valence-electron chi connectivity index (χ4n) is 0.215. The van der Waals surface area contributed by atoms with Gasteiger partial charge in [-0.25, -0.2) is 10.1 Å². The van der Waals surface area contributed by atoms with Gasteiger partial charge in [0.1, 0.15) is 6.33 Å². The molecule has 1 heterocycles. The zero-order valence-corrected chi connectivity index (χ0v) is 5.76. The molecule has 4 heteroatoms. The number of rotatable bonds is 0. The normalized spacial score (nSPS) is 7.78. The van der Waals surface area contributed by atoms with E-state index in [1.54, 1.807) is 0 Å². The second kappa shape index (κ2) is 5.08. The maximum atomic E-state index is 5.05. The lowest BCUT2D eigenvalue weighted by atomic mass is 10.6. The molecule has 0 saturated heterocycles. The first kappa shape index (κ1) is 7.94. The molecule has 9 heavy (non-hydrogen) atoms. The van der Waals surface area contributed by atoms with Crippen molar-refractivity contribution in [2.75, 3.05) is 5.73 Å². The van der Waals surface area contributed by atoms with Crippen molar-refractivity contribution in [2.45, 2.75) is 20.3 Å². The third kappa shape index (κ3) is 4.80. The van der Waals surface area contributed by atoms with Crippen LogP contribution in [0, 0.1) is 0 Å². The van der Waals surface area contributed by atoms with Crippen LogP contribution in [0.15, 0.2) is 6.33 Å². The molecule has 0 fully saturated rings. The molecule has 0 aliphatic carbocycles. The second-order valence-electron chi connectivity index (χ2n) is 1.58. The van der Waals surface area contributed by atoms with Gasteiger partial charge in [0.2, 0.25) is 5.95 Å². The van der Waals surface area contributed by atoms with Gasteiger partial charge in [-0.15, -0.1) is 0 Å². The molecular formula is C5H16N4. The maximum absolute atomic E-state index is 5.05. The molecule has 0 saturated carbocycles. The van der Waals surface area contributed by atoms with Gasteiger partial charge in [-0.1, -0.05) is 20.3 Å². The molecule has 0 aromatic carbocycles. The largest absolute Gasteiger partial charge is 0.368 e. The van der Waals surface area contributed by atoms with Gasteiger partial charge in [-0.05, 0) is 0 Å². The van der Waals surface area contributed by atoms with Crippen molar-refractivity contribution in [3.63, 3.8) is 0 Å². The Morgan fingerprint density at radius 2 is 2.33 bits per heavy atom. The first-order valence-electron chi connectivity index (χ1n) is 2.92. The molecule has 0 aliphatic rings. The minimum atomic E-state index is 0. The van der Waals surface area contributed by atoms with E-state index in [1.807, 2.05) is 0 Å². The smallest absolute Gasteiger partial charge is 0.215 e. The number of nitrogens with two attached hydrogens (primary N) is 1. The average molecular weight is 132 g/mol. The summed E-state index contributed by atoms with van der Waals surface area (Å²) in [6, 6.07) is 0. The summed E-state index contributed by atoms with van der Waals surface area (Å²) < 4.78 is 0. The van der Waals surface area contributed by atoms with E-state index in [1.165, 1.54) is 12.7 Å². The lowest BCUT2D eigenvalue weighted by Gasteiger charge is -1.68. The van der Waals surface area contributed by atoms with Gasteiger partial charge in [0.25, 0.3) is 0 Å². The predicted octanol–water partition coefficient (Wildman–Crippen LogP) is 1.30. The van der Waals surface area contributed by atoms with Crippen LogP contribution in [0.3, 0.4) is 0 Å². The highest BCUT2D eigenvalue weighted by Gasteiger charge is 1.75. The quantitative estimate of drug-likeness (QED) is 0.559. The minimum Gasteiger partial charge on any atom is -0.368 e. The molecule has 0 bridgehead atoms. The van der Waals surface area contributed by atoms with E-state index >= 15 is 0 Å². The van der Waals surface area contributed by atoms with E-state index in [0.29, 0.717) is 5.95 Å². The topological polar surface area (TPSA) is 67.6 Å². The zero-order chi connectivity index (χ0) is 7.11. The van der Waals surface area contributed by atoms with Crippen LogP contribution in [-0.4, -0.2) is 15.2 Å². The lowest BCUT2D eigenvalue weighted by molar-refractivity contribution is 1.09. The summed E-state index contributed by atoms with van der Waals surface area (Å²) in [6.45, 7) is 4.25. The van der Waals surface area contributed by atoms with Gasteiger partial charge in [0.05, 0.1) is 0 Å². The van der Waals surface area contributed by atoms with Crippen molar-refractivity contribution in [3.05, 3.63) is 6.33 Å². The monoisotopic (exact) mass is 132 g/mol. The molecule has 0 atom stereocenters. The second-order valence-corrected chi connectivity index (χ2v) is 1.58. The summed E-state index contributed by atoms with van der Waals surface area (Å²) in [7, 11) is 0. The van der Waals surface area contributed by atoms with Crippen LogP contribution in [-0.2, 0) is 0 Å². The molecule has 3 N–H and O–H groups in total. The SMILES string of the molecule is CCC.Nc1ncn[nH]1.[HH].[HH]. The summed E-state index contributed by atoms with van der Waals surface area (Å²) in [4.78, 5) is 3.53. The molecule has 0 radical (unpaired) electrons. The van der Waals surface area contributed by atoms with Crippen molar-refractivity contribution in [1.82, 2.24) is 15.2 Å². The van der Waals surface area contributed by atoms with Gasteiger partial charge in [-0.3, -0.25) is 0 Å². The Kier molecular flexibility index (Phi) is 4.49. The van der Waals surface area contributed by atoms with Crippen LogP contribution < -0.4 is 5.73 Å². The van der Waals surface area contributed by atoms with Gasteiger partial charge in [-0.2, -0.15) is 5.10 Å². The van der Waals surface area contributed by atoms with E-state index in [4.69, 9.17) is 5.73 Å². The number of hydrogen-bond acceptors (Lipinski definition) is 3. The fraction of sp³-hybridized carbons (Fsp3) is 0.600. The van der Waals surface area contributed by atoms with Crippen molar-refractivity contribution in [3.8, 4) is 0 Å². The highest BCUT2D eigenvalue weighted by atomic mass is 15.2. The van der Waals surface area contributed by atoms with Crippen LogP contribution in [0.4, 0.5) is 5.95 Å². The van der Waals surface area contributed by atoms with Gasteiger partial charge >= 0.3 is 0 Å². The molecule has 56 valence electrons. The first-order chi connectivity index (χ1) is 4.31. The Balaban J connectivity index is -0.000000116. The fourth-order valence-corrected chi connectivity index (χ4v) is 0.215. The van der Waals surface area contributed by atoms with Crippen LogP contribution >= 0.6 is 0 Å². The van der Waals surface area contributed by atoms with E-state index in [9.17, 15) is 0 Å². The van der Waals surface area contributed by atoms with Gasteiger partial charge in [0, 0.05) is 2.85 Å². The summed E-state index contributed by atoms with van der Waals surface area (Å²) in [6.07, 6.45) is 2.61. The number of nitrogens with zero attached hydrogens (tertiary/aromatic N) is 2. The lowest BCUT2D eigenvalue weighted by Crippen LogP contribution is -1.84. The number of anilines is 1. The summed E-state index contributed by atoms with van der Waals surface area (Å²) >= 11 is 0. The third-order valence-corrected chi connectivity index (χ3v) is 0.434. The van der Waals surface area contributed by atoms with Crippen LogP contribution in [0.25, 0.3) is 0 Å². The van der Waals surface area contributed by atoms with Crippen molar-refractivity contribution in [1.29, 1.82) is 0 Å². The Labute approximate surface area is 57.5 Å². The van der Waals surface area contributed by atoms with Crippen LogP contribution in [0.2, 0.25) is 0 Å². The number of aromatic amines is 1. The highest BCUT2D eigenvalue weighted by Crippen LogP contribution is 1.76. The predicted molar refractivity (Wildman–Crippen MR) is 41.0 cm³/mol. The zero-order valence-electron chi connectivity index (χ0n) is 5.76. The number of aromatic nitrogens is 3. The molecule has 4 nitrogen and oxygen atoms in total. The van der Waals surface area contributed by atoms with Crippen molar-refractivity contribution in [2.24, 2.45) is 0 Å². The van der Waals surface area contributed by atoms with Crippen molar-refractivity contribution >= 4 is 5.95 Å². The van der Waals surface area contributed by atoms with Gasteiger partial charge in [0.15, 0.2) is 0 Å². The Hall–Kier alpha value is -1.06. The summed E-state index contributed by atoms with van der Waals surface area (Å²) in [5.74, 6) is 0.356. The third-order valence-electron chi connectivity index (χ3n) is 0.434. The van der Waals surface area contributed by atoms with Crippen LogP contribution in [0.5, 0.6) is 0 Å². The molecule has 0 amide bonds. The molecule has 0 unspecified atom stereocenters. The highest BCUT2D eigenvalue weighted by molar-refractivity contribution is 5.07. The van der Waals surface area contributed by atoms with Crippen molar-refractivity contribution < 1.29 is 2.85 Å². The average Bonchev–Trinajstić information content (AvgIpc) is 2.20. The van der Waals surface area contributed by atoms with E-state index in [2.05, 4.69) is 29.0 Å². The van der Waals surface area contributed by atoms with E-state index < -0.39 is 0 Å². The molecule has 0 aliphatic heterocycles. The Morgan fingerprint density at radius 1 is 1.78 bits per heavy atom. The molecular weight excluding hydrogens is 116 g/mol. The molecule has 1 aromatic heterocycles.